The second-order valence-electron chi connectivity index (χ2n) is 9.90. The maximum absolute atomic E-state index is 13.8. The molecule has 1 aromatic carbocycles. The first-order valence-electron chi connectivity index (χ1n) is 13.2. The minimum atomic E-state index is -2.86. The lowest BCUT2D eigenvalue weighted by Crippen LogP contribution is -2.18. The Bertz CT molecular complexity index is 1770. The van der Waals surface area contributed by atoms with Crippen LogP contribution in [0.25, 0.3) is 21.3 Å². The zero-order chi connectivity index (χ0) is 30.1. The van der Waals surface area contributed by atoms with E-state index in [4.69, 9.17) is 10.5 Å². The predicted molar refractivity (Wildman–Crippen MR) is 156 cm³/mol. The van der Waals surface area contributed by atoms with Gasteiger partial charge in [0, 0.05) is 29.4 Å². The number of alkyl halides is 2. The molecule has 0 radical (unpaired) electrons. The number of hydrogen-bond donors (Lipinski definition) is 2. The maximum atomic E-state index is 13.8. The molecular formula is C29H29F2N7O3S. The minimum Gasteiger partial charge on any atom is -0.471 e. The summed E-state index contributed by atoms with van der Waals surface area (Å²) in [6.07, 6.45) is 0.294. The number of hydrogen-bond acceptors (Lipinski definition) is 7. The number of primary amides is 1. The van der Waals surface area contributed by atoms with E-state index in [1.807, 2.05) is 38.1 Å². The quantitative estimate of drug-likeness (QED) is 0.200. The second-order valence-corrected chi connectivity index (χ2v) is 10.9. The van der Waals surface area contributed by atoms with Crippen molar-refractivity contribution in [3.05, 3.63) is 76.3 Å². The van der Waals surface area contributed by atoms with Crippen molar-refractivity contribution in [3.8, 4) is 16.9 Å². The van der Waals surface area contributed by atoms with Crippen LogP contribution in [0.15, 0.2) is 48.8 Å². The first-order chi connectivity index (χ1) is 20.1. The maximum Gasteiger partial charge on any atom is 0.280 e. The number of carbonyl (C=O) groups is 2. The predicted octanol–water partition coefficient (Wildman–Crippen LogP) is 6.13. The van der Waals surface area contributed by atoms with Crippen molar-refractivity contribution in [2.75, 3.05) is 5.32 Å². The third kappa shape index (κ3) is 5.59. The molecule has 0 atom stereocenters. The lowest BCUT2D eigenvalue weighted by Gasteiger charge is -2.11. The number of nitrogens with zero attached hydrogens (tertiary/aromatic N) is 5. The molecule has 4 heterocycles. The van der Waals surface area contributed by atoms with Gasteiger partial charge in [-0.3, -0.25) is 14.3 Å². The number of aryl methyl sites for hydroxylation is 1. The van der Waals surface area contributed by atoms with E-state index in [2.05, 4.69) is 34.3 Å². The normalized spacial score (nSPS) is 11.5. The van der Waals surface area contributed by atoms with E-state index in [1.165, 1.54) is 22.4 Å². The fourth-order valence-corrected chi connectivity index (χ4v) is 5.60. The molecule has 5 aromatic rings. The number of amides is 2. The van der Waals surface area contributed by atoms with Gasteiger partial charge in [0.05, 0.1) is 11.9 Å². The van der Waals surface area contributed by atoms with E-state index >= 15 is 0 Å². The Kier molecular flexibility index (Phi) is 8.03. The molecule has 0 saturated carbocycles. The number of fused-ring (bicyclic) bond motifs is 1. The molecule has 3 N–H and O–H groups in total. The summed E-state index contributed by atoms with van der Waals surface area (Å²) in [7, 11) is 0. The summed E-state index contributed by atoms with van der Waals surface area (Å²) in [5.74, 6) is -0.400. The van der Waals surface area contributed by atoms with Crippen molar-refractivity contribution in [3.63, 3.8) is 0 Å². The number of thiophene rings is 1. The highest BCUT2D eigenvalue weighted by Gasteiger charge is 2.27. The van der Waals surface area contributed by atoms with Gasteiger partial charge in [0.1, 0.15) is 21.2 Å². The van der Waals surface area contributed by atoms with E-state index in [-0.39, 0.29) is 27.8 Å². The van der Waals surface area contributed by atoms with E-state index in [0.717, 1.165) is 17.0 Å². The molecule has 10 nitrogen and oxygen atoms in total. The number of aromatic nitrogens is 5. The zero-order valence-electron chi connectivity index (χ0n) is 23.4. The van der Waals surface area contributed by atoms with Crippen LogP contribution in [0.3, 0.4) is 0 Å². The summed E-state index contributed by atoms with van der Waals surface area (Å²) in [5.41, 5.74) is 8.16. The Morgan fingerprint density at radius 1 is 1.14 bits per heavy atom. The Hall–Kier alpha value is -4.65. The standard InChI is InChI=1S/C29H29F2N7O3S/c1-5-38-16(4)20(13-33-38)19-12-22(26(30)31)34-29-23(19)24(25(42-29)27(32)39)35-28(40)21-10-11-37(36-21)14-41-18-8-6-17(7-9-18)15(2)3/h6-13,15,26H,5,14H2,1-4H3,(H2,32,39)(H,35,40). The number of carbonyl (C=O) groups excluding carboxylic acids is 2. The highest BCUT2D eigenvalue weighted by molar-refractivity contribution is 7.21. The fourth-order valence-electron chi connectivity index (χ4n) is 4.59. The van der Waals surface area contributed by atoms with E-state index in [0.29, 0.717) is 34.7 Å². The lowest BCUT2D eigenvalue weighted by atomic mass is 10.0. The molecular weight excluding hydrogens is 564 g/mol. The Morgan fingerprint density at radius 2 is 1.88 bits per heavy atom. The summed E-state index contributed by atoms with van der Waals surface area (Å²) in [4.78, 5) is 30.0. The van der Waals surface area contributed by atoms with Gasteiger partial charge in [0.25, 0.3) is 18.2 Å². The summed E-state index contributed by atoms with van der Waals surface area (Å²) in [6.45, 7) is 8.57. The number of nitrogens with two attached hydrogens (primary N) is 1. The largest absolute Gasteiger partial charge is 0.471 e. The molecule has 13 heteroatoms. The van der Waals surface area contributed by atoms with Crippen LogP contribution in [-0.2, 0) is 13.3 Å². The van der Waals surface area contributed by atoms with Crippen LogP contribution in [0, 0.1) is 6.92 Å². The Balaban J connectivity index is 1.47. The number of halogens is 2. The number of ether oxygens (including phenoxy) is 1. The molecule has 218 valence electrons. The van der Waals surface area contributed by atoms with Gasteiger partial charge in [-0.15, -0.1) is 11.3 Å². The number of anilines is 1. The van der Waals surface area contributed by atoms with Crippen molar-refractivity contribution in [1.29, 1.82) is 0 Å². The summed E-state index contributed by atoms with van der Waals surface area (Å²) in [5, 5.41) is 11.7. The van der Waals surface area contributed by atoms with Crippen molar-refractivity contribution < 1.29 is 23.1 Å². The van der Waals surface area contributed by atoms with Crippen molar-refractivity contribution in [2.24, 2.45) is 5.73 Å². The van der Waals surface area contributed by atoms with Gasteiger partial charge >= 0.3 is 0 Å². The highest BCUT2D eigenvalue weighted by Crippen LogP contribution is 2.43. The van der Waals surface area contributed by atoms with Gasteiger partial charge in [0.2, 0.25) is 0 Å². The van der Waals surface area contributed by atoms with Crippen LogP contribution in [-0.4, -0.2) is 36.4 Å². The average molecular weight is 594 g/mol. The molecule has 0 aliphatic rings. The van der Waals surface area contributed by atoms with Crippen LogP contribution in [0.5, 0.6) is 5.75 Å². The van der Waals surface area contributed by atoms with Gasteiger partial charge in [-0.2, -0.15) is 10.2 Å². The zero-order valence-corrected chi connectivity index (χ0v) is 24.2. The van der Waals surface area contributed by atoms with Crippen molar-refractivity contribution >= 4 is 39.1 Å². The minimum absolute atomic E-state index is 0.0216. The molecule has 0 saturated heterocycles. The van der Waals surface area contributed by atoms with Crippen LogP contribution >= 0.6 is 11.3 Å². The second kappa shape index (κ2) is 11.7. The van der Waals surface area contributed by atoms with Gasteiger partial charge < -0.3 is 15.8 Å². The Labute approximate surface area is 244 Å². The van der Waals surface area contributed by atoms with Crippen molar-refractivity contribution in [2.45, 2.75) is 53.3 Å². The molecule has 2 amide bonds. The molecule has 0 spiro atoms. The Morgan fingerprint density at radius 3 is 2.50 bits per heavy atom. The first-order valence-corrected chi connectivity index (χ1v) is 14.0. The molecule has 5 rings (SSSR count). The van der Waals surface area contributed by atoms with Crippen LogP contribution < -0.4 is 15.8 Å². The van der Waals surface area contributed by atoms with Gasteiger partial charge in [0.15, 0.2) is 12.4 Å². The van der Waals surface area contributed by atoms with Gasteiger partial charge in [-0.1, -0.05) is 26.0 Å². The van der Waals surface area contributed by atoms with Crippen molar-refractivity contribution in [1.82, 2.24) is 24.5 Å². The monoisotopic (exact) mass is 593 g/mol. The molecule has 0 unspecified atom stereocenters. The highest BCUT2D eigenvalue weighted by atomic mass is 32.1. The smallest absolute Gasteiger partial charge is 0.280 e. The van der Waals surface area contributed by atoms with E-state index < -0.39 is 23.9 Å². The van der Waals surface area contributed by atoms with E-state index in [9.17, 15) is 18.4 Å². The summed E-state index contributed by atoms with van der Waals surface area (Å²) in [6, 6.07) is 10.5. The molecule has 42 heavy (non-hydrogen) atoms. The topological polar surface area (TPSA) is 130 Å². The number of benzene rings is 1. The molecule has 0 aliphatic carbocycles. The summed E-state index contributed by atoms with van der Waals surface area (Å²) >= 11 is 0.835. The number of rotatable bonds is 10. The lowest BCUT2D eigenvalue weighted by molar-refractivity contribution is 0.100. The van der Waals surface area contributed by atoms with Gasteiger partial charge in [-0.25, -0.2) is 18.4 Å². The third-order valence-corrected chi connectivity index (χ3v) is 7.94. The fraction of sp³-hybridized carbons (Fsp3) is 0.276. The first kappa shape index (κ1) is 28.9. The number of nitrogens with one attached hydrogen (secondary N) is 1. The molecule has 0 fully saturated rings. The molecule has 0 bridgehead atoms. The average Bonchev–Trinajstić information content (AvgIpc) is 3.68. The molecule has 4 aromatic heterocycles. The molecule has 0 aliphatic heterocycles. The van der Waals surface area contributed by atoms with Crippen LogP contribution in [0.4, 0.5) is 14.5 Å². The van der Waals surface area contributed by atoms with E-state index in [1.54, 1.807) is 17.1 Å². The summed E-state index contributed by atoms with van der Waals surface area (Å²) < 4.78 is 36.6. The van der Waals surface area contributed by atoms with Crippen LogP contribution in [0.1, 0.15) is 70.2 Å². The number of pyridine rings is 1. The third-order valence-electron chi connectivity index (χ3n) is 6.84. The SMILES string of the molecule is CCn1ncc(-c2cc(C(F)F)nc3sc(C(N)=O)c(NC(=O)c4ccn(COc5ccc(C(C)C)cc5)n4)c23)c1C. The van der Waals surface area contributed by atoms with Crippen LogP contribution in [0.2, 0.25) is 0 Å². The van der Waals surface area contributed by atoms with Gasteiger partial charge in [-0.05, 0) is 55.2 Å².